The maximum Gasteiger partial charge on any atom is 0.416 e. The standard InChI is InChI=1S/C34H41F6N7O3/c1-4-28-11-23(14-32(13-21(32)2)47(28)31(49)50-8-6-5-7-29(41)48)19-46(30-42-15-24(16-43-30)25-17-44-45(3)20-25)18-22-9-26(33(35,36)37)12-27(10-22)34(38,39)40/h9-10,12,15-17,20-21,23,28H,4-8,11,13-14,18-19H2,1-3H3,(H2,41,48)/t21-,23-,28+,32?/m1/s1. The number of amides is 2. The van der Waals surface area contributed by atoms with Crippen molar-refractivity contribution < 1.29 is 40.7 Å². The van der Waals surface area contributed by atoms with E-state index in [0.717, 1.165) is 24.1 Å². The van der Waals surface area contributed by atoms with Gasteiger partial charge in [0.2, 0.25) is 11.9 Å². The summed E-state index contributed by atoms with van der Waals surface area (Å²) in [5.41, 5.74) is 3.09. The highest BCUT2D eigenvalue weighted by Crippen LogP contribution is 2.57. The summed E-state index contributed by atoms with van der Waals surface area (Å²) >= 11 is 0. The second-order valence-electron chi connectivity index (χ2n) is 13.5. The summed E-state index contributed by atoms with van der Waals surface area (Å²) in [6.45, 7) is 4.06. The summed E-state index contributed by atoms with van der Waals surface area (Å²) in [5.74, 6) is -0.220. The van der Waals surface area contributed by atoms with Gasteiger partial charge in [-0.1, -0.05) is 13.8 Å². The van der Waals surface area contributed by atoms with Crippen molar-refractivity contribution in [1.29, 1.82) is 0 Å². The molecule has 0 radical (unpaired) electrons. The Morgan fingerprint density at radius 3 is 2.16 bits per heavy atom. The number of hydrogen-bond acceptors (Lipinski definition) is 7. The molecule has 1 aromatic carbocycles. The van der Waals surface area contributed by atoms with Gasteiger partial charge in [-0.25, -0.2) is 14.8 Å². The first kappa shape index (κ1) is 36.9. The van der Waals surface area contributed by atoms with E-state index < -0.39 is 41.0 Å². The number of carbonyl (C=O) groups excluding carboxylic acids is 2. The molecule has 10 nitrogen and oxygen atoms in total. The Hall–Kier alpha value is -4.37. The predicted molar refractivity (Wildman–Crippen MR) is 171 cm³/mol. The number of alkyl halides is 6. The van der Waals surface area contributed by atoms with Gasteiger partial charge < -0.3 is 15.4 Å². The summed E-state index contributed by atoms with van der Waals surface area (Å²) in [5, 5.41) is 4.14. The average molecular weight is 710 g/mol. The summed E-state index contributed by atoms with van der Waals surface area (Å²) in [6.07, 6.45) is -0.325. The van der Waals surface area contributed by atoms with Crippen LogP contribution < -0.4 is 10.6 Å². The summed E-state index contributed by atoms with van der Waals surface area (Å²) in [6, 6.07) is 1.36. The number of hydrogen-bond donors (Lipinski definition) is 1. The molecule has 1 spiro atoms. The number of unbranched alkanes of at least 4 members (excludes halogenated alkanes) is 1. The van der Waals surface area contributed by atoms with Crippen molar-refractivity contribution in [2.24, 2.45) is 24.6 Å². The fraction of sp³-hybridized carbons (Fsp3) is 0.559. The van der Waals surface area contributed by atoms with Gasteiger partial charge in [-0.15, -0.1) is 0 Å². The van der Waals surface area contributed by atoms with Crippen LogP contribution in [0.3, 0.4) is 0 Å². The maximum absolute atomic E-state index is 13.8. The van der Waals surface area contributed by atoms with Crippen molar-refractivity contribution in [2.75, 3.05) is 18.1 Å². The third-order valence-corrected chi connectivity index (χ3v) is 9.68. The van der Waals surface area contributed by atoms with Gasteiger partial charge in [0, 0.05) is 67.9 Å². The van der Waals surface area contributed by atoms with E-state index in [9.17, 15) is 35.9 Å². The van der Waals surface area contributed by atoms with Crippen LogP contribution in [0.25, 0.3) is 11.1 Å². The minimum atomic E-state index is -4.99. The Balaban J connectivity index is 1.42. The molecular weight excluding hydrogens is 668 g/mol. The molecule has 3 heterocycles. The van der Waals surface area contributed by atoms with Crippen LogP contribution in [0.2, 0.25) is 0 Å². The quantitative estimate of drug-likeness (QED) is 0.159. The zero-order chi connectivity index (χ0) is 36.4. The van der Waals surface area contributed by atoms with Crippen LogP contribution >= 0.6 is 0 Å². The van der Waals surface area contributed by atoms with Gasteiger partial charge in [0.05, 0.1) is 23.9 Å². The van der Waals surface area contributed by atoms with E-state index in [4.69, 9.17) is 10.5 Å². The second kappa shape index (κ2) is 14.5. The molecule has 3 aromatic rings. The van der Waals surface area contributed by atoms with Crippen LogP contribution in [0, 0.1) is 11.8 Å². The van der Waals surface area contributed by atoms with E-state index in [2.05, 4.69) is 15.1 Å². The Kier molecular flexibility index (Phi) is 10.7. The molecule has 0 bridgehead atoms. The van der Waals surface area contributed by atoms with Crippen LogP contribution in [0.4, 0.5) is 37.1 Å². The van der Waals surface area contributed by atoms with E-state index in [-0.39, 0.29) is 61.6 Å². The van der Waals surface area contributed by atoms with Gasteiger partial charge in [-0.2, -0.15) is 31.4 Å². The number of benzene rings is 1. The van der Waals surface area contributed by atoms with Crippen LogP contribution in [-0.2, 0) is 35.5 Å². The molecule has 16 heteroatoms. The molecule has 4 atom stereocenters. The summed E-state index contributed by atoms with van der Waals surface area (Å²) < 4.78 is 89.8. The minimum Gasteiger partial charge on any atom is -0.449 e. The highest BCUT2D eigenvalue weighted by Gasteiger charge is 2.62. The molecule has 1 saturated carbocycles. The molecule has 1 aliphatic carbocycles. The highest BCUT2D eigenvalue weighted by atomic mass is 19.4. The zero-order valence-electron chi connectivity index (χ0n) is 28.1. The van der Waals surface area contributed by atoms with E-state index >= 15 is 0 Å². The van der Waals surface area contributed by atoms with Crippen molar-refractivity contribution >= 4 is 17.9 Å². The Bertz CT molecular complexity index is 1630. The Morgan fingerprint density at radius 2 is 1.64 bits per heavy atom. The van der Waals surface area contributed by atoms with Crippen molar-refractivity contribution in [3.05, 3.63) is 59.7 Å². The van der Waals surface area contributed by atoms with Crippen molar-refractivity contribution in [2.45, 2.75) is 89.3 Å². The molecular formula is C34H41F6N7O3. The number of ether oxygens (including phenoxy) is 1. The lowest BCUT2D eigenvalue weighted by Gasteiger charge is -2.46. The van der Waals surface area contributed by atoms with E-state index in [0.29, 0.717) is 37.7 Å². The highest BCUT2D eigenvalue weighted by molar-refractivity contribution is 5.73. The second-order valence-corrected chi connectivity index (χ2v) is 13.5. The first-order valence-corrected chi connectivity index (χ1v) is 16.6. The lowest BCUT2D eigenvalue weighted by atomic mass is 9.82. The number of nitrogens with zero attached hydrogens (tertiary/aromatic N) is 6. The van der Waals surface area contributed by atoms with Crippen LogP contribution in [0.5, 0.6) is 0 Å². The molecule has 2 aliphatic rings. The fourth-order valence-corrected chi connectivity index (χ4v) is 7.14. The number of likely N-dealkylation sites (tertiary alicyclic amines) is 1. The fourth-order valence-electron chi connectivity index (χ4n) is 7.14. The largest absolute Gasteiger partial charge is 0.449 e. The van der Waals surface area contributed by atoms with Gasteiger partial charge >= 0.3 is 18.4 Å². The van der Waals surface area contributed by atoms with Crippen LogP contribution in [0.1, 0.15) is 75.5 Å². The number of piperidine rings is 1. The first-order chi connectivity index (χ1) is 23.5. The molecule has 1 saturated heterocycles. The number of nitrogens with two attached hydrogens (primary N) is 1. The zero-order valence-corrected chi connectivity index (χ0v) is 28.1. The number of anilines is 1. The molecule has 2 fully saturated rings. The Labute approximate surface area is 286 Å². The molecule has 1 aliphatic heterocycles. The number of halogens is 6. The summed E-state index contributed by atoms with van der Waals surface area (Å²) in [4.78, 5) is 36.9. The normalized spacial score (nSPS) is 22.1. The predicted octanol–water partition coefficient (Wildman–Crippen LogP) is 6.98. The molecule has 2 aromatic heterocycles. The topological polar surface area (TPSA) is 119 Å². The first-order valence-electron chi connectivity index (χ1n) is 16.6. The maximum atomic E-state index is 13.8. The van der Waals surface area contributed by atoms with E-state index in [1.807, 2.05) is 18.7 Å². The summed E-state index contributed by atoms with van der Waals surface area (Å²) in [7, 11) is 1.75. The van der Waals surface area contributed by atoms with Crippen molar-refractivity contribution in [3.8, 4) is 11.1 Å². The lowest BCUT2D eigenvalue weighted by Crippen LogP contribution is -2.56. The number of rotatable bonds is 12. The van der Waals surface area contributed by atoms with E-state index in [1.165, 1.54) is 0 Å². The average Bonchev–Trinajstić information content (AvgIpc) is 3.44. The van der Waals surface area contributed by atoms with Crippen molar-refractivity contribution in [1.82, 2.24) is 24.6 Å². The molecule has 1 unspecified atom stereocenters. The van der Waals surface area contributed by atoms with Gasteiger partial charge in [-0.05, 0) is 74.1 Å². The smallest absolute Gasteiger partial charge is 0.416 e. The monoisotopic (exact) mass is 709 g/mol. The molecule has 50 heavy (non-hydrogen) atoms. The van der Waals surface area contributed by atoms with Gasteiger partial charge in [0.1, 0.15) is 0 Å². The Morgan fingerprint density at radius 1 is 1.00 bits per heavy atom. The van der Waals surface area contributed by atoms with Gasteiger partial charge in [0.15, 0.2) is 0 Å². The minimum absolute atomic E-state index is 0.0981. The number of aromatic nitrogens is 4. The molecule has 2 amide bonds. The van der Waals surface area contributed by atoms with E-state index in [1.54, 1.807) is 41.4 Å². The molecule has 5 rings (SSSR count). The van der Waals surface area contributed by atoms with Crippen LogP contribution in [-0.4, -0.2) is 61.4 Å². The molecule has 2 N–H and O–H groups in total. The number of carbonyl (C=O) groups is 2. The SMILES string of the molecule is CC[C@H]1C[C@@H](CN(Cc2cc(C(F)(F)F)cc(C(F)(F)F)c2)c2ncc(-c3cnn(C)c3)cn2)CC2(C[C@H]2C)N1C(=O)OCCCCC(N)=O. The lowest BCUT2D eigenvalue weighted by molar-refractivity contribution is -0.143. The number of aryl methyl sites for hydroxylation is 1. The third-order valence-electron chi connectivity index (χ3n) is 9.68. The third kappa shape index (κ3) is 8.49. The molecule has 272 valence electrons. The van der Waals surface area contributed by atoms with Crippen molar-refractivity contribution in [3.63, 3.8) is 0 Å². The van der Waals surface area contributed by atoms with Gasteiger partial charge in [0.25, 0.3) is 0 Å². The number of primary amides is 1. The van der Waals surface area contributed by atoms with Crippen LogP contribution in [0.15, 0.2) is 43.0 Å². The van der Waals surface area contributed by atoms with Gasteiger partial charge in [-0.3, -0.25) is 14.4 Å².